The molecule has 0 radical (unpaired) electrons. The van der Waals surface area contributed by atoms with E-state index in [2.05, 4.69) is 0 Å². The molecule has 0 saturated heterocycles. The van der Waals surface area contributed by atoms with E-state index in [0.717, 1.165) is 12.1 Å². The summed E-state index contributed by atoms with van der Waals surface area (Å²) >= 11 is 0. The Morgan fingerprint density at radius 1 is 1.19 bits per heavy atom. The van der Waals surface area contributed by atoms with Crippen molar-refractivity contribution >= 4 is 11.0 Å². The van der Waals surface area contributed by atoms with Crippen molar-refractivity contribution in [1.29, 1.82) is 0 Å². The molecular formula is C11H7F3O2. The summed E-state index contributed by atoms with van der Waals surface area (Å²) in [6.07, 6.45) is -4.43. The van der Waals surface area contributed by atoms with Crippen LogP contribution in [0.25, 0.3) is 11.0 Å². The van der Waals surface area contributed by atoms with Gasteiger partial charge in [0.1, 0.15) is 5.58 Å². The fourth-order valence-corrected chi connectivity index (χ4v) is 1.50. The number of hydrogen-bond acceptors (Lipinski definition) is 2. The SMILES string of the molecule is Cc1cc(=O)oc2cc(C(F)(F)F)ccc12. The molecule has 0 spiro atoms. The monoisotopic (exact) mass is 228 g/mol. The van der Waals surface area contributed by atoms with E-state index in [9.17, 15) is 18.0 Å². The summed E-state index contributed by atoms with van der Waals surface area (Å²) < 4.78 is 41.9. The van der Waals surface area contributed by atoms with Crippen molar-refractivity contribution in [3.8, 4) is 0 Å². The molecule has 0 amide bonds. The average molecular weight is 228 g/mol. The van der Waals surface area contributed by atoms with Gasteiger partial charge >= 0.3 is 11.8 Å². The van der Waals surface area contributed by atoms with Crippen LogP contribution >= 0.6 is 0 Å². The van der Waals surface area contributed by atoms with E-state index >= 15 is 0 Å². The lowest BCUT2D eigenvalue weighted by Crippen LogP contribution is -2.05. The molecule has 2 nitrogen and oxygen atoms in total. The molecule has 0 N–H and O–H groups in total. The highest BCUT2D eigenvalue weighted by molar-refractivity contribution is 5.80. The summed E-state index contributed by atoms with van der Waals surface area (Å²) in [5, 5.41) is 0.507. The Hall–Kier alpha value is -1.78. The molecule has 1 aromatic heterocycles. The summed E-state index contributed by atoms with van der Waals surface area (Å²) in [6.45, 7) is 1.65. The lowest BCUT2D eigenvalue weighted by atomic mass is 10.1. The van der Waals surface area contributed by atoms with Crippen molar-refractivity contribution in [2.75, 3.05) is 0 Å². The minimum atomic E-state index is -4.43. The van der Waals surface area contributed by atoms with Gasteiger partial charge in [-0.2, -0.15) is 13.2 Å². The number of alkyl halides is 3. The highest BCUT2D eigenvalue weighted by atomic mass is 19.4. The molecular weight excluding hydrogens is 221 g/mol. The molecule has 0 aliphatic carbocycles. The third-order valence-corrected chi connectivity index (χ3v) is 2.28. The van der Waals surface area contributed by atoms with Crippen molar-refractivity contribution < 1.29 is 17.6 Å². The van der Waals surface area contributed by atoms with Gasteiger partial charge < -0.3 is 4.42 Å². The Morgan fingerprint density at radius 3 is 2.50 bits per heavy atom. The van der Waals surface area contributed by atoms with Gasteiger partial charge in [-0.25, -0.2) is 4.79 Å². The summed E-state index contributed by atoms with van der Waals surface area (Å²) in [5.74, 6) is 0. The molecule has 16 heavy (non-hydrogen) atoms. The molecule has 2 rings (SSSR count). The zero-order valence-electron chi connectivity index (χ0n) is 8.26. The van der Waals surface area contributed by atoms with Crippen LogP contribution in [0.5, 0.6) is 0 Å². The van der Waals surface area contributed by atoms with Crippen LogP contribution in [0.2, 0.25) is 0 Å². The van der Waals surface area contributed by atoms with Gasteiger partial charge in [-0.15, -0.1) is 0 Å². The van der Waals surface area contributed by atoms with E-state index in [1.807, 2.05) is 0 Å². The van der Waals surface area contributed by atoms with Crippen LogP contribution in [0.3, 0.4) is 0 Å². The number of fused-ring (bicyclic) bond motifs is 1. The number of hydrogen-bond donors (Lipinski definition) is 0. The molecule has 1 aromatic carbocycles. The maximum atomic E-state index is 12.4. The van der Waals surface area contributed by atoms with Crippen LogP contribution in [0.15, 0.2) is 33.5 Å². The van der Waals surface area contributed by atoms with Crippen LogP contribution < -0.4 is 5.63 Å². The van der Waals surface area contributed by atoms with E-state index < -0.39 is 17.4 Å². The summed E-state index contributed by atoms with van der Waals surface area (Å²) in [4.78, 5) is 11.0. The van der Waals surface area contributed by atoms with Crippen LogP contribution in [0.1, 0.15) is 11.1 Å². The maximum Gasteiger partial charge on any atom is 0.416 e. The van der Waals surface area contributed by atoms with Gasteiger partial charge in [-0.3, -0.25) is 0 Å². The number of halogens is 3. The Labute approximate surface area is 88.3 Å². The topological polar surface area (TPSA) is 30.2 Å². The number of aryl methyl sites for hydroxylation is 1. The summed E-state index contributed by atoms with van der Waals surface area (Å²) in [6, 6.07) is 4.35. The molecule has 0 bridgehead atoms. The van der Waals surface area contributed by atoms with Crippen LogP contribution in [0.4, 0.5) is 13.2 Å². The fourth-order valence-electron chi connectivity index (χ4n) is 1.50. The summed E-state index contributed by atoms with van der Waals surface area (Å²) in [5.41, 5.74) is -0.919. The average Bonchev–Trinajstić information content (AvgIpc) is 2.15. The smallest absolute Gasteiger partial charge is 0.416 e. The van der Waals surface area contributed by atoms with Crippen LogP contribution in [-0.2, 0) is 6.18 Å². The Bertz CT molecular complexity index is 596. The van der Waals surface area contributed by atoms with E-state index in [-0.39, 0.29) is 5.58 Å². The second-order valence-electron chi connectivity index (χ2n) is 3.46. The van der Waals surface area contributed by atoms with Crippen molar-refractivity contribution in [3.63, 3.8) is 0 Å². The minimum absolute atomic E-state index is 0.0418. The molecule has 0 unspecified atom stereocenters. The minimum Gasteiger partial charge on any atom is -0.423 e. The summed E-state index contributed by atoms with van der Waals surface area (Å²) in [7, 11) is 0. The highest BCUT2D eigenvalue weighted by Gasteiger charge is 2.30. The van der Waals surface area contributed by atoms with Crippen molar-refractivity contribution in [2.45, 2.75) is 13.1 Å². The molecule has 2 aromatic rings. The Kier molecular flexibility index (Phi) is 2.26. The largest absolute Gasteiger partial charge is 0.423 e. The van der Waals surface area contributed by atoms with Gasteiger partial charge in [0.05, 0.1) is 5.56 Å². The molecule has 84 valence electrons. The highest BCUT2D eigenvalue weighted by Crippen LogP contribution is 2.31. The van der Waals surface area contributed by atoms with E-state index in [4.69, 9.17) is 4.42 Å². The second-order valence-corrected chi connectivity index (χ2v) is 3.46. The molecule has 0 aliphatic heterocycles. The molecule has 1 heterocycles. The van der Waals surface area contributed by atoms with E-state index in [0.29, 0.717) is 10.9 Å². The molecule has 0 saturated carbocycles. The standard InChI is InChI=1S/C11H7F3O2/c1-6-4-10(15)16-9-5-7(11(12,13)14)2-3-8(6)9/h2-5H,1H3. The van der Waals surface area contributed by atoms with Crippen LogP contribution in [-0.4, -0.2) is 0 Å². The predicted octanol–water partition coefficient (Wildman–Crippen LogP) is 3.12. The second kappa shape index (κ2) is 3.37. The van der Waals surface area contributed by atoms with Gasteiger partial charge in [-0.1, -0.05) is 6.07 Å². The molecule has 0 aliphatic rings. The van der Waals surface area contributed by atoms with Gasteiger partial charge in [0.25, 0.3) is 0 Å². The van der Waals surface area contributed by atoms with Crippen molar-refractivity contribution in [3.05, 3.63) is 45.8 Å². The quantitative estimate of drug-likeness (QED) is 0.648. The zero-order valence-corrected chi connectivity index (χ0v) is 8.26. The Balaban J connectivity index is 2.76. The first-order valence-corrected chi connectivity index (χ1v) is 4.49. The normalized spacial score (nSPS) is 12.0. The lowest BCUT2D eigenvalue weighted by molar-refractivity contribution is -0.137. The van der Waals surface area contributed by atoms with E-state index in [1.54, 1.807) is 6.92 Å². The first-order valence-electron chi connectivity index (χ1n) is 4.49. The molecule has 5 heteroatoms. The van der Waals surface area contributed by atoms with Gasteiger partial charge in [0.15, 0.2) is 0 Å². The van der Waals surface area contributed by atoms with Gasteiger partial charge in [0.2, 0.25) is 0 Å². The first kappa shape index (κ1) is 10.7. The Morgan fingerprint density at radius 2 is 1.88 bits per heavy atom. The zero-order chi connectivity index (χ0) is 11.9. The van der Waals surface area contributed by atoms with Crippen molar-refractivity contribution in [1.82, 2.24) is 0 Å². The van der Waals surface area contributed by atoms with Crippen LogP contribution in [0, 0.1) is 6.92 Å². The molecule has 0 atom stereocenters. The van der Waals surface area contributed by atoms with Gasteiger partial charge in [-0.05, 0) is 24.6 Å². The van der Waals surface area contributed by atoms with E-state index in [1.165, 1.54) is 12.1 Å². The molecule has 0 fully saturated rings. The third kappa shape index (κ3) is 1.80. The van der Waals surface area contributed by atoms with Gasteiger partial charge in [0, 0.05) is 11.5 Å². The maximum absolute atomic E-state index is 12.4. The number of benzene rings is 1. The lowest BCUT2D eigenvalue weighted by Gasteiger charge is -2.07. The predicted molar refractivity (Wildman–Crippen MR) is 52.2 cm³/mol. The fraction of sp³-hybridized carbons (Fsp3) is 0.182. The number of rotatable bonds is 0. The van der Waals surface area contributed by atoms with Crippen molar-refractivity contribution in [2.24, 2.45) is 0 Å². The first-order chi connectivity index (χ1) is 7.38. The third-order valence-electron chi connectivity index (χ3n) is 2.28.